The van der Waals surface area contributed by atoms with Crippen molar-refractivity contribution in [1.82, 2.24) is 36.0 Å². The molecule has 2 fully saturated rings. The van der Waals surface area contributed by atoms with E-state index in [1.807, 2.05) is 95.3 Å². The van der Waals surface area contributed by atoms with Gasteiger partial charge in [0.15, 0.2) is 5.78 Å². The fraction of sp³-hybridized carbons (Fsp3) is 0.583. The number of benzene rings is 2. The van der Waals surface area contributed by atoms with Crippen LogP contribution in [0.3, 0.4) is 0 Å². The average Bonchev–Trinajstić information content (AvgIpc) is 3.86. The highest BCUT2D eigenvalue weighted by Crippen LogP contribution is 2.31. The summed E-state index contributed by atoms with van der Waals surface area (Å²) in [5, 5.41) is 18.8. The minimum Gasteiger partial charge on any atom is -0.379 e. The maximum absolute atomic E-state index is 14.6. The standard InChI is InChI=1S/C48H68N8O7/c1-33(2)25-41(49-46(60)37(18-17-35-13-9-7-10-14-35)28-40(57)31-56-21-23-62-24-22-56)43(58)29-38(27-36-15-11-8-12-16-36)47(61)50-42(26-34(3)4)45(48(5)32-63-48)53-52-44(59)20-19-39-30-55(6)54-51-39/h7-16,30,33-34,37-38,41-42H,17-29,31-32H2,1-6H3,(H,49,60)(H,50,61)(H,52,59)/b53-45-/t37-,38-,41+,42+,48-/m1/s1. The lowest BCUT2D eigenvalue weighted by Gasteiger charge is -2.28. The zero-order chi connectivity index (χ0) is 45.4. The number of nitrogens with zero attached hydrogens (tertiary/aromatic N) is 5. The van der Waals surface area contributed by atoms with E-state index < -0.39 is 29.5 Å². The number of rotatable bonds is 26. The van der Waals surface area contributed by atoms with Gasteiger partial charge in [-0.25, -0.2) is 5.43 Å². The lowest BCUT2D eigenvalue weighted by Crippen LogP contribution is -2.51. The van der Waals surface area contributed by atoms with Crippen molar-refractivity contribution in [3.63, 3.8) is 0 Å². The molecule has 15 heteroatoms. The molecule has 2 aromatic carbocycles. The van der Waals surface area contributed by atoms with Crippen LogP contribution in [0.1, 0.15) is 90.0 Å². The summed E-state index contributed by atoms with van der Waals surface area (Å²) in [4.78, 5) is 71.9. The molecule has 3 amide bonds. The van der Waals surface area contributed by atoms with Gasteiger partial charge < -0.3 is 20.1 Å². The second-order valence-corrected chi connectivity index (χ2v) is 18.2. The number of morpholine rings is 1. The second kappa shape index (κ2) is 24.1. The van der Waals surface area contributed by atoms with Crippen LogP contribution in [0.15, 0.2) is 72.0 Å². The average molecular weight is 869 g/mol. The number of epoxide rings is 1. The summed E-state index contributed by atoms with van der Waals surface area (Å²) in [6.45, 7) is 13.0. The molecule has 2 aliphatic heterocycles. The summed E-state index contributed by atoms with van der Waals surface area (Å²) < 4.78 is 12.9. The monoisotopic (exact) mass is 869 g/mol. The van der Waals surface area contributed by atoms with E-state index in [1.54, 1.807) is 17.9 Å². The van der Waals surface area contributed by atoms with E-state index >= 15 is 0 Å². The molecule has 2 saturated heterocycles. The first-order valence-electron chi connectivity index (χ1n) is 22.6. The molecule has 3 N–H and O–H groups in total. The predicted molar refractivity (Wildman–Crippen MR) is 240 cm³/mol. The fourth-order valence-corrected chi connectivity index (χ4v) is 7.98. The molecule has 3 heterocycles. The molecule has 342 valence electrons. The third-order valence-corrected chi connectivity index (χ3v) is 11.6. The topological polar surface area (TPSA) is 190 Å². The van der Waals surface area contributed by atoms with Gasteiger partial charge in [-0.15, -0.1) is 5.10 Å². The van der Waals surface area contributed by atoms with E-state index in [0.717, 1.165) is 11.1 Å². The number of carbonyl (C=O) groups excluding carboxylic acids is 5. The van der Waals surface area contributed by atoms with Gasteiger partial charge in [0.05, 0.1) is 49.9 Å². The Kier molecular flexibility index (Phi) is 18.7. The number of hydrogen-bond donors (Lipinski definition) is 3. The van der Waals surface area contributed by atoms with Crippen molar-refractivity contribution in [1.29, 1.82) is 0 Å². The Hall–Kier alpha value is -5.12. The van der Waals surface area contributed by atoms with Gasteiger partial charge in [0.1, 0.15) is 11.4 Å². The zero-order valence-electron chi connectivity index (χ0n) is 38.0. The molecule has 1 aromatic heterocycles. The van der Waals surface area contributed by atoms with E-state index in [-0.39, 0.29) is 73.4 Å². The maximum atomic E-state index is 14.6. The van der Waals surface area contributed by atoms with Crippen molar-refractivity contribution in [3.05, 3.63) is 83.7 Å². The van der Waals surface area contributed by atoms with E-state index in [2.05, 4.69) is 36.4 Å². The maximum Gasteiger partial charge on any atom is 0.240 e. The van der Waals surface area contributed by atoms with E-state index in [9.17, 15) is 24.0 Å². The van der Waals surface area contributed by atoms with Crippen LogP contribution >= 0.6 is 0 Å². The van der Waals surface area contributed by atoms with Gasteiger partial charge in [-0.05, 0) is 62.0 Å². The first-order valence-corrected chi connectivity index (χ1v) is 22.6. The van der Waals surface area contributed by atoms with Crippen LogP contribution in [0.2, 0.25) is 0 Å². The Morgan fingerprint density at radius 2 is 1.41 bits per heavy atom. The summed E-state index contributed by atoms with van der Waals surface area (Å²) in [6.07, 6.45) is 4.42. The molecule has 63 heavy (non-hydrogen) atoms. The first kappa shape index (κ1) is 48.9. The highest BCUT2D eigenvalue weighted by Gasteiger charge is 2.49. The molecule has 0 spiro atoms. The highest BCUT2D eigenvalue weighted by atomic mass is 16.6. The molecule has 0 aliphatic carbocycles. The Morgan fingerprint density at radius 1 is 0.810 bits per heavy atom. The minimum absolute atomic E-state index is 0.0256. The third-order valence-electron chi connectivity index (χ3n) is 11.6. The van der Waals surface area contributed by atoms with Gasteiger partial charge in [0.2, 0.25) is 17.7 Å². The van der Waals surface area contributed by atoms with Crippen LogP contribution in [-0.4, -0.2) is 112 Å². The van der Waals surface area contributed by atoms with Gasteiger partial charge in [0, 0.05) is 63.9 Å². The Labute approximate surface area is 372 Å². The van der Waals surface area contributed by atoms with Crippen LogP contribution in [0.4, 0.5) is 0 Å². The summed E-state index contributed by atoms with van der Waals surface area (Å²) >= 11 is 0. The summed E-state index contributed by atoms with van der Waals surface area (Å²) in [5.74, 6) is -2.52. The molecular weight excluding hydrogens is 801 g/mol. The van der Waals surface area contributed by atoms with Crippen LogP contribution in [0.5, 0.6) is 0 Å². The Balaban J connectivity index is 1.33. The van der Waals surface area contributed by atoms with Crippen LogP contribution in [-0.2, 0) is 59.8 Å². The summed E-state index contributed by atoms with van der Waals surface area (Å²) in [6, 6.07) is 17.9. The lowest BCUT2D eigenvalue weighted by atomic mass is 9.87. The zero-order valence-corrected chi connectivity index (χ0v) is 38.0. The smallest absolute Gasteiger partial charge is 0.240 e. The molecule has 3 aromatic rings. The Bertz CT molecular complexity index is 1980. The molecule has 15 nitrogen and oxygen atoms in total. The van der Waals surface area contributed by atoms with Gasteiger partial charge in [-0.3, -0.25) is 33.6 Å². The van der Waals surface area contributed by atoms with Crippen molar-refractivity contribution in [3.8, 4) is 0 Å². The quantitative estimate of drug-likeness (QED) is 0.0592. The first-order chi connectivity index (χ1) is 30.2. The van der Waals surface area contributed by atoms with Crippen LogP contribution < -0.4 is 16.1 Å². The molecule has 0 unspecified atom stereocenters. The van der Waals surface area contributed by atoms with E-state index in [4.69, 9.17) is 9.47 Å². The van der Waals surface area contributed by atoms with Gasteiger partial charge in [-0.2, -0.15) is 5.10 Å². The molecule has 5 rings (SSSR count). The number of hydrazone groups is 1. The Morgan fingerprint density at radius 3 is 2.02 bits per heavy atom. The van der Waals surface area contributed by atoms with Gasteiger partial charge in [0.25, 0.3) is 0 Å². The number of carbonyl (C=O) groups is 5. The van der Waals surface area contributed by atoms with E-state index in [1.165, 1.54) is 0 Å². The highest BCUT2D eigenvalue weighted by molar-refractivity contribution is 6.02. The van der Waals surface area contributed by atoms with Gasteiger partial charge in [-0.1, -0.05) is 93.6 Å². The van der Waals surface area contributed by atoms with Crippen LogP contribution in [0, 0.1) is 23.7 Å². The SMILES string of the molecule is CC(C)C[C@H](NC(=O)[C@H](CCc1ccccc1)CC(=O)CN1CCOCC1)C(=O)C[C@@H](Cc1ccccc1)C(=O)N[C@@H](CC(C)C)/C(=N/NC(=O)CCc1cn(C)nn1)[C@@]1(C)CO1. The largest absolute Gasteiger partial charge is 0.379 e. The number of nitrogens with one attached hydrogen (secondary N) is 3. The van der Waals surface area contributed by atoms with Crippen molar-refractivity contribution in [2.75, 3.05) is 39.5 Å². The van der Waals surface area contributed by atoms with Crippen LogP contribution in [0.25, 0.3) is 0 Å². The molecule has 0 saturated carbocycles. The molecular formula is C48H68N8O7. The third kappa shape index (κ3) is 16.5. The predicted octanol–water partition coefficient (Wildman–Crippen LogP) is 4.43. The number of ether oxygens (including phenoxy) is 2. The second-order valence-electron chi connectivity index (χ2n) is 18.2. The number of Topliss-reactive ketones (excluding diaryl/α,β-unsaturated/α-hetero) is 2. The number of amides is 3. The summed E-state index contributed by atoms with van der Waals surface area (Å²) in [5.41, 5.74) is 5.03. The van der Waals surface area contributed by atoms with Crippen molar-refractivity contribution in [2.45, 2.75) is 110 Å². The normalized spacial score (nSPS) is 18.6. The molecule has 0 bridgehead atoms. The molecule has 5 atom stereocenters. The molecule has 0 radical (unpaired) electrons. The number of hydrogen-bond acceptors (Lipinski definition) is 11. The summed E-state index contributed by atoms with van der Waals surface area (Å²) in [7, 11) is 1.76. The minimum atomic E-state index is -0.864. The number of ketones is 2. The van der Waals surface area contributed by atoms with Crippen molar-refractivity contribution in [2.24, 2.45) is 35.8 Å². The van der Waals surface area contributed by atoms with E-state index in [0.29, 0.717) is 76.4 Å². The lowest BCUT2D eigenvalue weighted by molar-refractivity contribution is -0.134. The van der Waals surface area contributed by atoms with Gasteiger partial charge >= 0.3 is 0 Å². The fourth-order valence-electron chi connectivity index (χ4n) is 7.98. The number of aryl methyl sites for hydroxylation is 3. The number of aromatic nitrogens is 3. The molecule has 2 aliphatic rings. The van der Waals surface area contributed by atoms with Crippen molar-refractivity contribution >= 4 is 35.0 Å². The van der Waals surface area contributed by atoms with Crippen molar-refractivity contribution < 1.29 is 33.4 Å².